The van der Waals surface area contributed by atoms with Gasteiger partial charge in [-0.15, -0.1) is 11.3 Å². The molecule has 2 aromatic rings. The van der Waals surface area contributed by atoms with Gasteiger partial charge < -0.3 is 10.1 Å². The summed E-state index contributed by atoms with van der Waals surface area (Å²) >= 11 is 1.52. The molecule has 1 unspecified atom stereocenters. The minimum absolute atomic E-state index is 0.112. The van der Waals surface area contributed by atoms with E-state index in [0.717, 1.165) is 11.1 Å². The van der Waals surface area contributed by atoms with Crippen LogP contribution in [-0.2, 0) is 25.9 Å². The van der Waals surface area contributed by atoms with Crippen LogP contribution < -0.4 is 5.32 Å². The first kappa shape index (κ1) is 18.2. The van der Waals surface area contributed by atoms with Crippen LogP contribution in [0.25, 0.3) is 0 Å². The highest BCUT2D eigenvalue weighted by Crippen LogP contribution is 2.12. The second-order valence-corrected chi connectivity index (χ2v) is 8.19. The summed E-state index contributed by atoms with van der Waals surface area (Å²) in [6.45, 7) is 1.86. The van der Waals surface area contributed by atoms with Crippen molar-refractivity contribution in [2.24, 2.45) is 0 Å². The van der Waals surface area contributed by atoms with Gasteiger partial charge in [0.25, 0.3) is 5.91 Å². The van der Waals surface area contributed by atoms with E-state index in [9.17, 15) is 18.0 Å². The third-order valence-electron chi connectivity index (χ3n) is 3.19. The Morgan fingerprint density at radius 3 is 2.42 bits per heavy atom. The van der Waals surface area contributed by atoms with Gasteiger partial charge in [0.15, 0.2) is 15.9 Å². The largest absolute Gasteiger partial charge is 0.449 e. The zero-order valence-corrected chi connectivity index (χ0v) is 14.8. The van der Waals surface area contributed by atoms with Crippen molar-refractivity contribution in [3.05, 3.63) is 52.2 Å². The molecule has 0 radical (unpaired) electrons. The molecule has 2 rings (SSSR count). The molecule has 0 saturated heterocycles. The monoisotopic (exact) mass is 367 g/mol. The Bertz CT molecular complexity index is 811. The van der Waals surface area contributed by atoms with Gasteiger partial charge >= 0.3 is 5.97 Å². The first-order chi connectivity index (χ1) is 11.3. The van der Waals surface area contributed by atoms with Crippen LogP contribution in [0.1, 0.15) is 22.2 Å². The normalized spacial score (nSPS) is 12.4. The standard InChI is InChI=1S/C16H17NO5S2/c1-11(15(18)17-10-13-4-3-9-23-13)22-16(19)12-5-7-14(8-6-12)24(2,20)21/h3-9,11H,10H2,1-2H3,(H,17,18). The number of rotatable bonds is 6. The third-order valence-corrected chi connectivity index (χ3v) is 5.19. The summed E-state index contributed by atoms with van der Waals surface area (Å²) in [7, 11) is -3.33. The van der Waals surface area contributed by atoms with Crippen molar-refractivity contribution >= 4 is 33.1 Å². The fourth-order valence-electron chi connectivity index (χ4n) is 1.85. The maximum Gasteiger partial charge on any atom is 0.338 e. The van der Waals surface area contributed by atoms with E-state index in [1.165, 1.54) is 42.5 Å². The van der Waals surface area contributed by atoms with Gasteiger partial charge in [0.1, 0.15) is 0 Å². The van der Waals surface area contributed by atoms with Crippen molar-refractivity contribution < 1.29 is 22.7 Å². The van der Waals surface area contributed by atoms with Gasteiger partial charge in [-0.3, -0.25) is 4.79 Å². The van der Waals surface area contributed by atoms with Gasteiger partial charge in [0.2, 0.25) is 0 Å². The molecule has 128 valence electrons. The lowest BCUT2D eigenvalue weighted by Crippen LogP contribution is -2.35. The van der Waals surface area contributed by atoms with Gasteiger partial charge in [-0.2, -0.15) is 0 Å². The molecule has 1 aromatic carbocycles. The molecule has 1 amide bonds. The molecule has 6 nitrogen and oxygen atoms in total. The number of ether oxygens (including phenoxy) is 1. The van der Waals surface area contributed by atoms with Crippen LogP contribution in [0.15, 0.2) is 46.7 Å². The first-order valence-corrected chi connectivity index (χ1v) is 9.85. The number of hydrogen-bond acceptors (Lipinski definition) is 6. The molecule has 1 heterocycles. The average Bonchev–Trinajstić information content (AvgIpc) is 3.05. The van der Waals surface area contributed by atoms with Crippen LogP contribution in [0.3, 0.4) is 0 Å². The summed E-state index contributed by atoms with van der Waals surface area (Å²) in [4.78, 5) is 25.0. The highest BCUT2D eigenvalue weighted by molar-refractivity contribution is 7.90. The summed E-state index contributed by atoms with van der Waals surface area (Å²) in [5.74, 6) is -1.08. The minimum atomic E-state index is -3.33. The van der Waals surface area contributed by atoms with Crippen molar-refractivity contribution in [1.82, 2.24) is 5.32 Å². The molecule has 0 saturated carbocycles. The summed E-state index contributed by atoms with van der Waals surface area (Å²) in [6.07, 6.45) is 0.132. The molecule has 0 spiro atoms. The number of esters is 1. The summed E-state index contributed by atoms with van der Waals surface area (Å²) in [6, 6.07) is 9.14. The topological polar surface area (TPSA) is 89.5 Å². The minimum Gasteiger partial charge on any atom is -0.449 e. The molecule has 24 heavy (non-hydrogen) atoms. The fraction of sp³-hybridized carbons (Fsp3) is 0.250. The fourth-order valence-corrected chi connectivity index (χ4v) is 3.13. The summed E-state index contributed by atoms with van der Waals surface area (Å²) in [5.41, 5.74) is 0.181. The molecule has 0 aliphatic carbocycles. The van der Waals surface area contributed by atoms with E-state index in [-0.39, 0.29) is 10.5 Å². The predicted octanol–water partition coefficient (Wildman–Crippen LogP) is 2.01. The molecular weight excluding hydrogens is 350 g/mol. The second kappa shape index (κ2) is 7.59. The van der Waals surface area contributed by atoms with E-state index in [0.29, 0.717) is 6.54 Å². The van der Waals surface area contributed by atoms with Crippen molar-refractivity contribution in [2.75, 3.05) is 6.26 Å². The number of hydrogen-bond donors (Lipinski definition) is 1. The number of carbonyl (C=O) groups is 2. The Morgan fingerprint density at radius 1 is 1.21 bits per heavy atom. The lowest BCUT2D eigenvalue weighted by atomic mass is 10.2. The van der Waals surface area contributed by atoms with E-state index < -0.39 is 27.8 Å². The van der Waals surface area contributed by atoms with Crippen LogP contribution in [0, 0.1) is 0 Å². The zero-order valence-electron chi connectivity index (χ0n) is 13.2. The molecule has 0 aliphatic heterocycles. The molecule has 0 bridgehead atoms. The van der Waals surface area contributed by atoms with Gasteiger partial charge in [-0.05, 0) is 42.6 Å². The molecular formula is C16H17NO5S2. The molecule has 1 atom stereocenters. The highest BCUT2D eigenvalue weighted by atomic mass is 32.2. The SMILES string of the molecule is CC(OC(=O)c1ccc(S(C)(=O)=O)cc1)C(=O)NCc1cccs1. The lowest BCUT2D eigenvalue weighted by molar-refractivity contribution is -0.129. The maximum atomic E-state index is 12.0. The van der Waals surface area contributed by atoms with Gasteiger partial charge in [-0.1, -0.05) is 6.07 Å². The Hall–Kier alpha value is -2.19. The summed E-state index contributed by atoms with van der Waals surface area (Å²) in [5, 5.41) is 4.59. The Balaban J connectivity index is 1.92. The van der Waals surface area contributed by atoms with Crippen LogP contribution >= 0.6 is 11.3 Å². The number of nitrogens with one attached hydrogen (secondary N) is 1. The maximum absolute atomic E-state index is 12.0. The smallest absolute Gasteiger partial charge is 0.338 e. The number of sulfone groups is 1. The molecule has 0 aliphatic rings. The van der Waals surface area contributed by atoms with E-state index in [2.05, 4.69) is 5.32 Å². The Labute approximate surface area is 144 Å². The van der Waals surface area contributed by atoms with Gasteiger partial charge in [0.05, 0.1) is 17.0 Å². The van der Waals surface area contributed by atoms with Crippen molar-refractivity contribution in [1.29, 1.82) is 0 Å². The van der Waals surface area contributed by atoms with Crippen LogP contribution in [-0.4, -0.2) is 32.7 Å². The van der Waals surface area contributed by atoms with Crippen molar-refractivity contribution in [3.8, 4) is 0 Å². The Kier molecular flexibility index (Phi) is 5.74. The van der Waals surface area contributed by atoms with Crippen LogP contribution in [0.4, 0.5) is 0 Å². The first-order valence-electron chi connectivity index (χ1n) is 7.08. The zero-order chi connectivity index (χ0) is 17.7. The number of benzene rings is 1. The van der Waals surface area contributed by atoms with Crippen LogP contribution in [0.2, 0.25) is 0 Å². The van der Waals surface area contributed by atoms with E-state index in [1.807, 2.05) is 17.5 Å². The average molecular weight is 367 g/mol. The Morgan fingerprint density at radius 2 is 1.88 bits per heavy atom. The van der Waals surface area contributed by atoms with Gasteiger partial charge in [-0.25, -0.2) is 13.2 Å². The molecule has 8 heteroatoms. The summed E-state index contributed by atoms with van der Waals surface area (Å²) < 4.78 is 27.9. The lowest BCUT2D eigenvalue weighted by Gasteiger charge is -2.13. The van der Waals surface area contributed by atoms with Crippen molar-refractivity contribution in [2.45, 2.75) is 24.5 Å². The second-order valence-electron chi connectivity index (χ2n) is 5.14. The molecule has 1 aromatic heterocycles. The van der Waals surface area contributed by atoms with Crippen LogP contribution in [0.5, 0.6) is 0 Å². The van der Waals surface area contributed by atoms with E-state index in [4.69, 9.17) is 4.74 Å². The molecule has 1 N–H and O–H groups in total. The van der Waals surface area contributed by atoms with Crippen molar-refractivity contribution in [3.63, 3.8) is 0 Å². The van der Waals surface area contributed by atoms with E-state index >= 15 is 0 Å². The van der Waals surface area contributed by atoms with Gasteiger partial charge in [0, 0.05) is 11.1 Å². The third kappa shape index (κ3) is 4.90. The predicted molar refractivity (Wildman–Crippen MR) is 90.6 cm³/mol. The van der Waals surface area contributed by atoms with E-state index in [1.54, 1.807) is 0 Å². The number of amides is 1. The quantitative estimate of drug-likeness (QED) is 0.789. The molecule has 0 fully saturated rings. The number of thiophene rings is 1. The highest BCUT2D eigenvalue weighted by Gasteiger charge is 2.19. The number of carbonyl (C=O) groups excluding carboxylic acids is 2.